The first-order valence-corrected chi connectivity index (χ1v) is 7.15. The molecule has 0 saturated heterocycles. The van der Waals surface area contributed by atoms with E-state index in [1.54, 1.807) is 0 Å². The fourth-order valence-corrected chi connectivity index (χ4v) is 4.16. The Balaban J connectivity index is 2.39. The molecule has 2 aliphatic carbocycles. The number of rotatable bonds is 2. The van der Waals surface area contributed by atoms with Gasteiger partial charge in [0, 0.05) is 11.3 Å². The summed E-state index contributed by atoms with van der Waals surface area (Å²) < 4.78 is 0. The molecule has 0 bridgehead atoms. The van der Waals surface area contributed by atoms with Crippen molar-refractivity contribution in [3.8, 4) is 0 Å². The predicted molar refractivity (Wildman–Crippen MR) is 72.4 cm³/mol. The van der Waals surface area contributed by atoms with Crippen molar-refractivity contribution >= 4 is 0 Å². The lowest BCUT2D eigenvalue weighted by Gasteiger charge is -2.60. The van der Waals surface area contributed by atoms with E-state index in [4.69, 9.17) is 0 Å². The molecule has 0 aromatic rings. The van der Waals surface area contributed by atoms with Gasteiger partial charge in [-0.1, -0.05) is 26.8 Å². The van der Waals surface area contributed by atoms with Gasteiger partial charge >= 0.3 is 0 Å². The Morgan fingerprint density at radius 1 is 1.37 bits per heavy atom. The van der Waals surface area contributed by atoms with Crippen molar-refractivity contribution in [1.29, 1.82) is 0 Å². The molecule has 4 heteroatoms. The SMILES string of the molecule is C=C(CO)[C@H]1C[C@@]2(C)[C@H](C)CCC[C@@]2(O)[C@H](O)[C@@H]1O. The van der Waals surface area contributed by atoms with Crippen LogP contribution >= 0.6 is 0 Å². The highest BCUT2D eigenvalue weighted by atomic mass is 16.4. The van der Waals surface area contributed by atoms with Crippen molar-refractivity contribution in [3.05, 3.63) is 12.2 Å². The summed E-state index contributed by atoms with van der Waals surface area (Å²) in [6, 6.07) is 0. The van der Waals surface area contributed by atoms with E-state index in [0.717, 1.165) is 12.8 Å². The van der Waals surface area contributed by atoms with Gasteiger partial charge in [0.05, 0.1) is 18.3 Å². The minimum atomic E-state index is -1.24. The van der Waals surface area contributed by atoms with Crippen LogP contribution in [-0.4, -0.2) is 44.8 Å². The third-order valence-corrected chi connectivity index (χ3v) is 5.87. The summed E-state index contributed by atoms with van der Waals surface area (Å²) in [5.74, 6) is -0.0896. The quantitative estimate of drug-likeness (QED) is 0.560. The molecule has 19 heavy (non-hydrogen) atoms. The Kier molecular flexibility index (Phi) is 3.82. The highest BCUT2D eigenvalue weighted by Gasteiger charge is 2.62. The van der Waals surface area contributed by atoms with E-state index < -0.39 is 23.2 Å². The van der Waals surface area contributed by atoms with Crippen LogP contribution < -0.4 is 0 Å². The van der Waals surface area contributed by atoms with E-state index in [9.17, 15) is 20.4 Å². The van der Waals surface area contributed by atoms with Crippen molar-refractivity contribution in [3.63, 3.8) is 0 Å². The molecule has 4 nitrogen and oxygen atoms in total. The van der Waals surface area contributed by atoms with Gasteiger partial charge in [-0.15, -0.1) is 0 Å². The summed E-state index contributed by atoms with van der Waals surface area (Å²) >= 11 is 0. The van der Waals surface area contributed by atoms with Crippen molar-refractivity contribution in [2.24, 2.45) is 17.3 Å². The van der Waals surface area contributed by atoms with Crippen molar-refractivity contribution < 1.29 is 20.4 Å². The van der Waals surface area contributed by atoms with Crippen LogP contribution in [0.2, 0.25) is 0 Å². The molecular formula is C15H26O4. The molecule has 0 unspecified atom stereocenters. The summed E-state index contributed by atoms with van der Waals surface area (Å²) in [6.45, 7) is 7.68. The Morgan fingerprint density at radius 3 is 2.58 bits per heavy atom. The number of aliphatic hydroxyl groups is 4. The van der Waals surface area contributed by atoms with E-state index in [0.29, 0.717) is 18.4 Å². The van der Waals surface area contributed by atoms with E-state index in [-0.39, 0.29) is 18.4 Å². The highest BCUT2D eigenvalue weighted by molar-refractivity contribution is 5.18. The van der Waals surface area contributed by atoms with Crippen LogP contribution in [-0.2, 0) is 0 Å². The molecule has 6 atom stereocenters. The monoisotopic (exact) mass is 270 g/mol. The maximum absolute atomic E-state index is 10.9. The number of aliphatic hydroxyl groups excluding tert-OH is 3. The zero-order valence-corrected chi connectivity index (χ0v) is 11.8. The van der Waals surface area contributed by atoms with Crippen LogP contribution in [0.5, 0.6) is 0 Å². The normalized spacial score (nSPS) is 50.6. The molecule has 2 saturated carbocycles. The van der Waals surface area contributed by atoms with Crippen LogP contribution in [0.25, 0.3) is 0 Å². The first-order valence-electron chi connectivity index (χ1n) is 7.15. The molecule has 0 aromatic carbocycles. The van der Waals surface area contributed by atoms with Gasteiger partial charge in [0.15, 0.2) is 0 Å². The van der Waals surface area contributed by atoms with Gasteiger partial charge in [-0.05, 0) is 30.8 Å². The Hall–Kier alpha value is -0.420. The van der Waals surface area contributed by atoms with Crippen LogP contribution in [0.15, 0.2) is 12.2 Å². The molecule has 0 amide bonds. The first-order chi connectivity index (χ1) is 8.78. The second-order valence-electron chi connectivity index (χ2n) is 6.70. The van der Waals surface area contributed by atoms with Crippen molar-refractivity contribution in [1.82, 2.24) is 0 Å². The lowest BCUT2D eigenvalue weighted by Crippen LogP contribution is -2.68. The van der Waals surface area contributed by atoms with Gasteiger partial charge in [-0.2, -0.15) is 0 Å². The van der Waals surface area contributed by atoms with Crippen molar-refractivity contribution in [2.45, 2.75) is 57.3 Å². The predicted octanol–water partition coefficient (Wildman–Crippen LogP) is 0.834. The third-order valence-electron chi connectivity index (χ3n) is 5.87. The van der Waals surface area contributed by atoms with E-state index in [1.807, 2.05) is 6.92 Å². The maximum atomic E-state index is 10.9. The van der Waals surface area contributed by atoms with Crippen LogP contribution in [0.4, 0.5) is 0 Å². The second-order valence-corrected chi connectivity index (χ2v) is 6.70. The molecule has 0 aliphatic heterocycles. The summed E-state index contributed by atoms with van der Waals surface area (Å²) in [5, 5.41) is 40.8. The zero-order chi connectivity index (χ0) is 14.4. The van der Waals surface area contributed by atoms with Crippen molar-refractivity contribution in [2.75, 3.05) is 6.61 Å². The van der Waals surface area contributed by atoms with Gasteiger partial charge in [0.1, 0.15) is 6.10 Å². The molecule has 2 rings (SSSR count). The fourth-order valence-electron chi connectivity index (χ4n) is 4.16. The average molecular weight is 270 g/mol. The standard InChI is InChI=1S/C15H26O4/c1-9(8-16)11-7-14(3)10(2)5-4-6-15(14,19)13(18)12(11)17/h10-13,16-19H,1,4-8H2,2-3H3/t10-,11-,12-,13-,14+,15-/m1/s1. The number of fused-ring (bicyclic) bond motifs is 1. The maximum Gasteiger partial charge on any atom is 0.110 e. The second kappa shape index (κ2) is 4.85. The Morgan fingerprint density at radius 2 is 2.00 bits per heavy atom. The number of hydrogen-bond donors (Lipinski definition) is 4. The molecular weight excluding hydrogens is 244 g/mol. The molecule has 4 N–H and O–H groups in total. The third kappa shape index (κ3) is 1.97. The van der Waals surface area contributed by atoms with E-state index in [2.05, 4.69) is 13.5 Å². The molecule has 0 radical (unpaired) electrons. The molecule has 2 fully saturated rings. The highest BCUT2D eigenvalue weighted by Crippen LogP contribution is 2.57. The van der Waals surface area contributed by atoms with Gasteiger partial charge < -0.3 is 20.4 Å². The molecule has 0 spiro atoms. The summed E-state index contributed by atoms with van der Waals surface area (Å²) in [6.07, 6.45) is 0.722. The van der Waals surface area contributed by atoms with Crippen LogP contribution in [0.3, 0.4) is 0 Å². The zero-order valence-electron chi connectivity index (χ0n) is 11.8. The van der Waals surface area contributed by atoms with Gasteiger partial charge in [-0.3, -0.25) is 0 Å². The lowest BCUT2D eigenvalue weighted by atomic mass is 9.49. The number of hydrogen-bond acceptors (Lipinski definition) is 4. The Bertz CT molecular complexity index is 369. The van der Waals surface area contributed by atoms with Crippen LogP contribution in [0, 0.1) is 17.3 Å². The molecule has 2 aliphatic rings. The largest absolute Gasteiger partial charge is 0.392 e. The average Bonchev–Trinajstić information content (AvgIpc) is 2.38. The van der Waals surface area contributed by atoms with E-state index in [1.165, 1.54) is 0 Å². The Labute approximate surface area is 114 Å². The summed E-state index contributed by atoms with van der Waals surface area (Å²) in [7, 11) is 0. The van der Waals surface area contributed by atoms with Gasteiger partial charge in [0.25, 0.3) is 0 Å². The van der Waals surface area contributed by atoms with Crippen LogP contribution in [0.1, 0.15) is 39.5 Å². The minimum Gasteiger partial charge on any atom is -0.392 e. The first kappa shape index (κ1) is 15.0. The van der Waals surface area contributed by atoms with Gasteiger partial charge in [-0.25, -0.2) is 0 Å². The van der Waals surface area contributed by atoms with E-state index >= 15 is 0 Å². The molecule has 0 heterocycles. The minimum absolute atomic E-state index is 0.197. The topological polar surface area (TPSA) is 80.9 Å². The fraction of sp³-hybridized carbons (Fsp3) is 0.867. The smallest absolute Gasteiger partial charge is 0.110 e. The lowest BCUT2D eigenvalue weighted by molar-refractivity contribution is -0.254. The van der Waals surface area contributed by atoms with Gasteiger partial charge in [0.2, 0.25) is 0 Å². The molecule has 0 aromatic heterocycles. The summed E-state index contributed by atoms with van der Waals surface area (Å²) in [4.78, 5) is 0. The summed E-state index contributed by atoms with van der Waals surface area (Å²) in [5.41, 5.74) is -1.16. The molecule has 110 valence electrons.